The lowest BCUT2D eigenvalue weighted by Gasteiger charge is -2.46. The maximum atomic E-state index is 8.13. The monoisotopic (exact) mass is 1230 g/mol. The van der Waals surface area contributed by atoms with E-state index < -0.39 is 84.6 Å². The second-order valence-corrected chi connectivity index (χ2v) is 64.7. The molecular formula is C62H98O7Si10. The van der Waals surface area contributed by atoms with Gasteiger partial charge in [-0.2, -0.15) is 0 Å². The molecule has 0 radical (unpaired) electrons. The molecule has 7 nitrogen and oxygen atoms in total. The first-order valence-corrected chi connectivity index (χ1v) is 55.9. The molecule has 0 N–H and O–H groups in total. The fourth-order valence-electron chi connectivity index (χ4n) is 11.0. The van der Waals surface area contributed by atoms with Crippen molar-refractivity contribution in [3.63, 3.8) is 0 Å². The van der Waals surface area contributed by atoms with Crippen LogP contribution >= 0.6 is 0 Å². The van der Waals surface area contributed by atoms with Gasteiger partial charge in [0.15, 0.2) is 58.9 Å². The minimum atomic E-state index is -3.37. The van der Waals surface area contributed by atoms with Gasteiger partial charge < -0.3 is 29.1 Å². The molecule has 6 rings (SSSR count). The van der Waals surface area contributed by atoms with E-state index in [9.17, 15) is 0 Å². The van der Waals surface area contributed by atoms with E-state index in [2.05, 4.69) is 287 Å². The Hall–Kier alpha value is -2.79. The van der Waals surface area contributed by atoms with Gasteiger partial charge in [0.1, 0.15) is 0 Å². The van der Waals surface area contributed by atoms with Gasteiger partial charge in [-0.1, -0.05) is 215 Å². The number of benzene rings is 6. The second kappa shape index (κ2) is 27.7. The number of rotatable bonds is 31. The minimum Gasteiger partial charge on any atom is -0.433 e. The highest BCUT2D eigenvalue weighted by Crippen LogP contribution is 2.38. The summed E-state index contributed by atoms with van der Waals surface area (Å²) in [6.07, 6.45) is 3.23. The molecule has 0 aliphatic heterocycles. The number of hydrogen-bond acceptors (Lipinski definition) is 7. The molecular weight excluding hydrogens is 1140 g/mol. The Morgan fingerprint density at radius 1 is 0.354 bits per heavy atom. The highest BCUT2D eigenvalue weighted by atomic mass is 28.5. The van der Waals surface area contributed by atoms with Gasteiger partial charge in [0.2, 0.25) is 0 Å². The molecule has 428 valence electrons. The van der Waals surface area contributed by atoms with Gasteiger partial charge in [-0.05, 0) is 158 Å². The highest BCUT2D eigenvalue weighted by Gasteiger charge is 2.55. The van der Waals surface area contributed by atoms with Gasteiger partial charge in [-0.15, -0.1) is 0 Å². The maximum absolute atomic E-state index is 8.13. The minimum absolute atomic E-state index is 0.309. The molecule has 0 amide bonds. The molecule has 0 fully saturated rings. The Kier molecular flexibility index (Phi) is 22.9. The summed E-state index contributed by atoms with van der Waals surface area (Å²) in [6.45, 7) is 38.3. The summed E-state index contributed by atoms with van der Waals surface area (Å²) in [5.74, 6) is 0. The number of hydrogen-bond donors (Lipinski definition) is 0. The Labute approximate surface area is 490 Å². The van der Waals surface area contributed by atoms with Crippen LogP contribution in [0.1, 0.15) is 33.1 Å². The molecule has 17 heteroatoms. The predicted octanol–water partition coefficient (Wildman–Crippen LogP) is 13.7. The molecule has 0 spiro atoms. The van der Waals surface area contributed by atoms with Gasteiger partial charge in [0.25, 0.3) is 0 Å². The fraction of sp³-hybridized carbons (Fsp3) is 0.419. The Balaban J connectivity index is 1.31. The van der Waals surface area contributed by atoms with E-state index in [0.717, 1.165) is 43.4 Å². The van der Waals surface area contributed by atoms with Crippen LogP contribution in [-0.2, 0) is 29.1 Å². The van der Waals surface area contributed by atoms with Crippen LogP contribution in [0.2, 0.25) is 127 Å². The Morgan fingerprint density at radius 2 is 0.620 bits per heavy atom. The van der Waals surface area contributed by atoms with Gasteiger partial charge in [0.05, 0.1) is 0 Å². The van der Waals surface area contributed by atoms with Crippen LogP contribution in [0.5, 0.6) is 0 Å². The lowest BCUT2D eigenvalue weighted by molar-refractivity contribution is 0.381. The zero-order valence-corrected chi connectivity index (χ0v) is 61.5. The lowest BCUT2D eigenvalue weighted by atomic mass is 10.3. The topological polar surface area (TPSA) is 64.6 Å². The summed E-state index contributed by atoms with van der Waals surface area (Å²) in [4.78, 5) is 0. The highest BCUT2D eigenvalue weighted by molar-refractivity contribution is 7.04. The van der Waals surface area contributed by atoms with Crippen LogP contribution in [0, 0.1) is 0 Å². The standard InChI is InChI=1S/C62H98O7Si10/c1-18-56(76(16,17)63-3)50-52-72(8,9)66-78(59-41-29-21-30-42-59,60-43-31-22-32-44-60)67-73(10,11)53-54-74(12,13)68-79(61-45-33-23-34-46-61,62-47-35-24-36-48-62)69-75(14,15)55(2)49-51-71(6,7)65-77(64-70(4)5,57-37-25-19-26-38-57)58-39-27-20-28-40-58/h19-48,55-56,70H,18,49-54H2,1-17H3. The van der Waals surface area contributed by atoms with Gasteiger partial charge >= 0.3 is 25.7 Å². The molecule has 6 aromatic carbocycles. The van der Waals surface area contributed by atoms with E-state index in [0.29, 0.717) is 11.1 Å². The van der Waals surface area contributed by atoms with Crippen molar-refractivity contribution in [2.24, 2.45) is 0 Å². The molecule has 0 saturated carbocycles. The van der Waals surface area contributed by atoms with E-state index in [1.165, 1.54) is 31.1 Å². The smallest absolute Gasteiger partial charge is 0.386 e. The molecule has 79 heavy (non-hydrogen) atoms. The quantitative estimate of drug-likeness (QED) is 0.0402. The lowest BCUT2D eigenvalue weighted by Crippen LogP contribution is -2.71. The zero-order valence-electron chi connectivity index (χ0n) is 51.4. The van der Waals surface area contributed by atoms with Crippen molar-refractivity contribution >= 4 is 116 Å². The average molecular weight is 1240 g/mol. The van der Waals surface area contributed by atoms with Crippen LogP contribution in [0.25, 0.3) is 0 Å². The van der Waals surface area contributed by atoms with Crippen molar-refractivity contribution in [1.29, 1.82) is 0 Å². The van der Waals surface area contributed by atoms with Crippen molar-refractivity contribution in [1.82, 2.24) is 0 Å². The summed E-state index contributed by atoms with van der Waals surface area (Å²) >= 11 is 0. The first kappa shape index (κ1) is 65.4. The molecule has 0 aromatic heterocycles. The summed E-state index contributed by atoms with van der Waals surface area (Å²) in [6, 6.07) is 69.4. The van der Waals surface area contributed by atoms with E-state index >= 15 is 0 Å². The molecule has 6 aromatic rings. The first-order valence-electron chi connectivity index (χ1n) is 29.2. The molecule has 0 bridgehead atoms. The molecule has 2 unspecified atom stereocenters. The van der Waals surface area contributed by atoms with Gasteiger partial charge in [-0.3, -0.25) is 0 Å². The van der Waals surface area contributed by atoms with Crippen LogP contribution in [0.3, 0.4) is 0 Å². The largest absolute Gasteiger partial charge is 0.433 e. The average Bonchev–Trinajstić information content (AvgIpc) is 3.51. The van der Waals surface area contributed by atoms with Crippen LogP contribution < -0.4 is 31.1 Å². The summed E-state index contributed by atoms with van der Waals surface area (Å²) in [5, 5.41) is 7.06. The predicted molar refractivity (Wildman–Crippen MR) is 363 cm³/mol. The fourth-order valence-corrected chi connectivity index (χ4v) is 54.4. The summed E-state index contributed by atoms with van der Waals surface area (Å²) in [5.41, 5.74) is 0.870. The molecule has 0 saturated heterocycles. The van der Waals surface area contributed by atoms with E-state index in [1.807, 2.05) is 7.11 Å². The van der Waals surface area contributed by atoms with Crippen LogP contribution in [0.4, 0.5) is 0 Å². The summed E-state index contributed by atoms with van der Waals surface area (Å²) in [7, 11) is -23.5. The van der Waals surface area contributed by atoms with Crippen molar-refractivity contribution < 1.29 is 29.1 Å². The van der Waals surface area contributed by atoms with E-state index in [1.54, 1.807) is 0 Å². The van der Waals surface area contributed by atoms with Crippen molar-refractivity contribution in [3.8, 4) is 0 Å². The summed E-state index contributed by atoms with van der Waals surface area (Å²) < 4.78 is 53.4. The van der Waals surface area contributed by atoms with E-state index in [-0.39, 0.29) is 0 Å². The third-order valence-corrected chi connectivity index (χ3v) is 55.4. The van der Waals surface area contributed by atoms with Crippen molar-refractivity contribution in [3.05, 3.63) is 182 Å². The molecule has 0 aliphatic rings. The normalized spacial score (nSPS) is 14.4. The zero-order chi connectivity index (χ0) is 57.8. The molecule has 0 aliphatic carbocycles. The van der Waals surface area contributed by atoms with E-state index in [4.69, 9.17) is 29.1 Å². The molecule has 0 heterocycles. The molecule has 2 atom stereocenters. The third-order valence-electron chi connectivity index (χ3n) is 16.2. The second-order valence-electron chi connectivity index (χ2n) is 25.8. The SMILES string of the molecule is CCC(CC[Si](C)(C)O[Si](O[Si](C)(C)CC[Si](C)(C)O[Si](O[Si](C)(C)C(C)CC[Si](C)(C)O[Si](O[SiH](C)C)(c1ccccc1)c1ccccc1)(c1ccccc1)c1ccccc1)(c1ccccc1)c1ccccc1)[Si](C)(C)OC. The van der Waals surface area contributed by atoms with Crippen molar-refractivity contribution in [2.45, 2.75) is 160 Å². The van der Waals surface area contributed by atoms with Crippen LogP contribution in [-0.4, -0.2) is 91.7 Å². The van der Waals surface area contributed by atoms with Crippen LogP contribution in [0.15, 0.2) is 182 Å². The Morgan fingerprint density at radius 3 is 0.911 bits per heavy atom. The van der Waals surface area contributed by atoms with Gasteiger partial charge in [0, 0.05) is 7.11 Å². The first-order chi connectivity index (χ1) is 37.1. The van der Waals surface area contributed by atoms with Crippen molar-refractivity contribution in [2.75, 3.05) is 7.11 Å². The van der Waals surface area contributed by atoms with Gasteiger partial charge in [-0.25, -0.2) is 0 Å². The third kappa shape index (κ3) is 17.4. The Bertz CT molecular complexity index is 2620. The maximum Gasteiger partial charge on any atom is 0.386 e.